The number of carbonyl (C=O) groups is 1. The molecule has 222 valence electrons. The fraction of sp³-hybridized carbons (Fsp3) is 0.128. The maximum absolute atomic E-state index is 13.8. The third kappa shape index (κ3) is 5.82. The molecule has 0 aliphatic carbocycles. The monoisotopic (exact) mass is 606 g/mol. The molecule has 1 amide bonds. The smallest absolute Gasteiger partial charge is 0.242 e. The minimum atomic E-state index is -0.627. The second-order valence-corrected chi connectivity index (χ2v) is 12.4. The van der Waals surface area contributed by atoms with Crippen molar-refractivity contribution < 1.29 is 4.79 Å². The van der Waals surface area contributed by atoms with Crippen molar-refractivity contribution in [2.45, 2.75) is 23.4 Å². The third-order valence-electron chi connectivity index (χ3n) is 8.40. The van der Waals surface area contributed by atoms with Gasteiger partial charge in [-0.1, -0.05) is 133 Å². The van der Waals surface area contributed by atoms with Gasteiger partial charge in [-0.15, -0.1) is 0 Å². The van der Waals surface area contributed by atoms with Gasteiger partial charge < -0.3 is 9.47 Å². The largest absolute Gasteiger partial charge is 0.319 e. The van der Waals surface area contributed by atoms with Crippen LogP contribution in [0, 0.1) is 0 Å². The maximum Gasteiger partial charge on any atom is 0.242 e. The molecule has 0 bridgehead atoms. The van der Waals surface area contributed by atoms with Gasteiger partial charge in [-0.3, -0.25) is 4.79 Å². The van der Waals surface area contributed by atoms with Crippen LogP contribution in [-0.4, -0.2) is 32.9 Å². The van der Waals surface area contributed by atoms with Gasteiger partial charge in [0.25, 0.3) is 0 Å². The quantitative estimate of drug-likeness (QED) is 0.124. The molecular formula is C39H34N4OS. The first-order valence-electron chi connectivity index (χ1n) is 15.3. The van der Waals surface area contributed by atoms with Gasteiger partial charge in [-0.2, -0.15) is 0 Å². The minimum absolute atomic E-state index is 0.0926. The Bertz CT molecular complexity index is 1760. The zero-order chi connectivity index (χ0) is 30.5. The number of fused-ring (bicyclic) bond motifs is 1. The summed E-state index contributed by atoms with van der Waals surface area (Å²) in [5.74, 6) is 0.0926. The van der Waals surface area contributed by atoms with Crippen molar-refractivity contribution in [2.24, 2.45) is 0 Å². The Morgan fingerprint density at radius 3 is 1.80 bits per heavy atom. The molecule has 2 heterocycles. The van der Waals surface area contributed by atoms with Gasteiger partial charge >= 0.3 is 0 Å². The zero-order valence-electron chi connectivity index (χ0n) is 24.9. The molecule has 0 N–H and O–H groups in total. The molecule has 1 aliphatic heterocycles. The lowest BCUT2D eigenvalue weighted by atomic mass is 9.77. The van der Waals surface area contributed by atoms with E-state index in [1.165, 1.54) is 5.56 Å². The van der Waals surface area contributed by atoms with E-state index in [9.17, 15) is 4.79 Å². The van der Waals surface area contributed by atoms with Gasteiger partial charge in [0.15, 0.2) is 0 Å². The Morgan fingerprint density at radius 1 is 0.667 bits per heavy atom. The van der Waals surface area contributed by atoms with Crippen molar-refractivity contribution >= 4 is 23.5 Å². The van der Waals surface area contributed by atoms with Crippen LogP contribution in [0.2, 0.25) is 0 Å². The molecule has 1 aliphatic rings. The highest BCUT2D eigenvalue weighted by molar-refractivity contribution is 7.97. The first kappa shape index (κ1) is 28.8. The highest BCUT2D eigenvalue weighted by atomic mass is 32.2. The molecule has 0 saturated carbocycles. The molecule has 0 fully saturated rings. The van der Waals surface area contributed by atoms with Crippen LogP contribution >= 0.6 is 11.9 Å². The topological polar surface area (TPSA) is 41.4 Å². The molecule has 5 aromatic carbocycles. The van der Waals surface area contributed by atoms with E-state index in [1.807, 2.05) is 41.6 Å². The summed E-state index contributed by atoms with van der Waals surface area (Å²) in [5.41, 5.74) is 5.90. The molecule has 5 nitrogen and oxygen atoms in total. The normalized spacial score (nSPS) is 13.8. The van der Waals surface area contributed by atoms with Gasteiger partial charge in [-0.05, 0) is 52.8 Å². The van der Waals surface area contributed by atoms with Gasteiger partial charge in [0, 0.05) is 17.6 Å². The lowest BCUT2D eigenvalue weighted by Gasteiger charge is -2.37. The van der Waals surface area contributed by atoms with E-state index in [0.29, 0.717) is 19.6 Å². The van der Waals surface area contributed by atoms with Crippen LogP contribution in [0.1, 0.15) is 27.9 Å². The van der Waals surface area contributed by atoms with E-state index in [4.69, 9.17) is 4.98 Å². The van der Waals surface area contributed by atoms with Crippen LogP contribution in [0.25, 0.3) is 0 Å². The summed E-state index contributed by atoms with van der Waals surface area (Å²) in [7, 11) is 0. The van der Waals surface area contributed by atoms with E-state index in [1.54, 1.807) is 11.9 Å². The summed E-state index contributed by atoms with van der Waals surface area (Å²) < 4.78 is 4.36. The summed E-state index contributed by atoms with van der Waals surface area (Å²) in [5, 5.41) is 0. The predicted octanol–water partition coefficient (Wildman–Crippen LogP) is 7.82. The molecular weight excluding hydrogens is 573 g/mol. The number of hydrogen-bond donors (Lipinski definition) is 0. The third-order valence-corrected chi connectivity index (χ3v) is 9.46. The minimum Gasteiger partial charge on any atom is -0.319 e. The van der Waals surface area contributed by atoms with Gasteiger partial charge in [0.2, 0.25) is 5.91 Å². The Morgan fingerprint density at radius 2 is 1.20 bits per heavy atom. The van der Waals surface area contributed by atoms with E-state index >= 15 is 0 Å². The fourth-order valence-corrected chi connectivity index (χ4v) is 7.37. The fourth-order valence-electron chi connectivity index (χ4n) is 6.31. The van der Waals surface area contributed by atoms with Crippen molar-refractivity contribution in [3.63, 3.8) is 0 Å². The number of carbonyl (C=O) groups excluding carboxylic acids is 1. The van der Waals surface area contributed by atoms with E-state index < -0.39 is 5.54 Å². The molecule has 6 aromatic rings. The number of para-hydroxylation sites is 1. The molecule has 0 saturated heterocycles. The van der Waals surface area contributed by atoms with Crippen molar-refractivity contribution in [2.75, 3.05) is 18.0 Å². The molecule has 0 spiro atoms. The van der Waals surface area contributed by atoms with Crippen LogP contribution < -0.4 is 4.90 Å². The van der Waals surface area contributed by atoms with Crippen LogP contribution in [0.3, 0.4) is 0 Å². The number of anilines is 1. The molecule has 0 atom stereocenters. The molecule has 0 radical (unpaired) electrons. The highest BCUT2D eigenvalue weighted by Crippen LogP contribution is 2.41. The summed E-state index contributed by atoms with van der Waals surface area (Å²) in [4.78, 5) is 21.7. The second kappa shape index (κ2) is 13.0. The van der Waals surface area contributed by atoms with Gasteiger partial charge in [0.05, 0.1) is 30.8 Å². The number of amides is 1. The average Bonchev–Trinajstić information content (AvgIpc) is 3.51. The Hall–Kier alpha value is -4.91. The number of nitrogens with zero attached hydrogens (tertiary/aromatic N) is 4. The molecule has 6 heteroatoms. The van der Waals surface area contributed by atoms with Crippen molar-refractivity contribution in [3.8, 4) is 0 Å². The molecule has 7 rings (SSSR count). The van der Waals surface area contributed by atoms with Gasteiger partial charge in [-0.25, -0.2) is 9.29 Å². The Labute approximate surface area is 268 Å². The van der Waals surface area contributed by atoms with Crippen molar-refractivity contribution in [1.29, 1.82) is 0 Å². The van der Waals surface area contributed by atoms with E-state index in [2.05, 4.69) is 130 Å². The highest BCUT2D eigenvalue weighted by Gasteiger charge is 2.38. The zero-order valence-corrected chi connectivity index (χ0v) is 25.8. The number of hydrogen-bond acceptors (Lipinski definition) is 4. The maximum atomic E-state index is 13.8. The predicted molar refractivity (Wildman–Crippen MR) is 182 cm³/mol. The molecule has 45 heavy (non-hydrogen) atoms. The van der Waals surface area contributed by atoms with Crippen molar-refractivity contribution in [3.05, 3.63) is 186 Å². The Kier molecular flexibility index (Phi) is 8.32. The van der Waals surface area contributed by atoms with Crippen LogP contribution in [0.4, 0.5) is 5.69 Å². The number of imidazole rings is 1. The SMILES string of the molecule is O=C1CN(Cc2cn(C(c3ccccc3)(c3ccccc3)c3ccccc3)cn2)Sc2ccccc2N1CCc1ccccc1. The summed E-state index contributed by atoms with van der Waals surface area (Å²) in [6, 6.07) is 50.4. The number of benzene rings is 5. The first-order chi connectivity index (χ1) is 22.2. The molecule has 0 unspecified atom stereocenters. The lowest BCUT2D eigenvalue weighted by molar-refractivity contribution is -0.118. The second-order valence-electron chi connectivity index (χ2n) is 11.2. The van der Waals surface area contributed by atoms with Crippen molar-refractivity contribution in [1.82, 2.24) is 13.9 Å². The van der Waals surface area contributed by atoms with E-state index in [-0.39, 0.29) is 5.91 Å². The summed E-state index contributed by atoms with van der Waals surface area (Å²) >= 11 is 1.63. The van der Waals surface area contributed by atoms with Gasteiger partial charge in [0.1, 0.15) is 5.54 Å². The lowest BCUT2D eigenvalue weighted by Crippen LogP contribution is -2.38. The van der Waals surface area contributed by atoms with Crippen LogP contribution in [-0.2, 0) is 23.3 Å². The first-order valence-corrected chi connectivity index (χ1v) is 16.1. The molecule has 1 aromatic heterocycles. The summed E-state index contributed by atoms with van der Waals surface area (Å²) in [6.45, 7) is 1.46. The van der Waals surface area contributed by atoms with Crippen LogP contribution in [0.5, 0.6) is 0 Å². The number of rotatable bonds is 9. The summed E-state index contributed by atoms with van der Waals surface area (Å²) in [6.07, 6.45) is 4.88. The number of aromatic nitrogens is 2. The van der Waals surface area contributed by atoms with E-state index in [0.717, 1.165) is 39.4 Å². The van der Waals surface area contributed by atoms with Crippen LogP contribution in [0.15, 0.2) is 163 Å². The standard InChI is InChI=1S/C39H34N4OS/c44-38-29-42(45-37-24-14-13-23-36(37)43(38)26-25-31-15-5-1-6-16-31)28-35-27-41(30-40-35)39(32-17-7-2-8-18-32,33-19-9-3-10-20-33)34-21-11-4-12-22-34/h1-24,27,30H,25-26,28-29H2. The average molecular weight is 607 g/mol. The Balaban J connectivity index is 1.22.